The molecule has 1 aromatic rings. The molecule has 88 valence electrons. The normalized spacial score (nSPS) is 12.1. The van der Waals surface area contributed by atoms with E-state index in [0.717, 1.165) is 12.2 Å². The van der Waals surface area contributed by atoms with Crippen molar-refractivity contribution in [2.24, 2.45) is 0 Å². The molecule has 4 heteroatoms. The molecular weight excluding hydrogens is 222 g/mol. The minimum Gasteiger partial charge on any atom is -0.508 e. The maximum Gasteiger partial charge on any atom is 0.251 e. The van der Waals surface area contributed by atoms with Crippen molar-refractivity contribution >= 4 is 17.7 Å². The van der Waals surface area contributed by atoms with Crippen molar-refractivity contribution in [3.63, 3.8) is 0 Å². The van der Waals surface area contributed by atoms with Gasteiger partial charge in [0.15, 0.2) is 0 Å². The molecule has 0 aliphatic heterocycles. The Labute approximate surface area is 100 Å². The maximum absolute atomic E-state index is 11.7. The third-order valence-corrected chi connectivity index (χ3v) is 2.91. The molecule has 1 unspecified atom stereocenters. The van der Waals surface area contributed by atoms with E-state index in [1.807, 2.05) is 6.92 Å². The molecule has 0 radical (unpaired) electrons. The molecule has 1 atom stereocenters. The highest BCUT2D eigenvalue weighted by Gasteiger charge is 2.08. The van der Waals surface area contributed by atoms with Crippen molar-refractivity contribution in [3.05, 3.63) is 29.8 Å². The molecule has 0 spiro atoms. The first-order valence-corrected chi connectivity index (χ1v) is 6.61. The summed E-state index contributed by atoms with van der Waals surface area (Å²) in [6.07, 6.45) is 3.01. The molecule has 0 heterocycles. The van der Waals surface area contributed by atoms with Crippen LogP contribution in [0.15, 0.2) is 24.3 Å². The molecule has 0 bridgehead atoms. The second kappa shape index (κ2) is 6.43. The van der Waals surface area contributed by atoms with Crippen LogP contribution in [0.3, 0.4) is 0 Å². The monoisotopic (exact) mass is 239 g/mol. The fourth-order valence-corrected chi connectivity index (χ4v) is 1.88. The van der Waals surface area contributed by atoms with E-state index in [4.69, 9.17) is 5.11 Å². The van der Waals surface area contributed by atoms with E-state index in [1.54, 1.807) is 23.9 Å². The second-order valence-electron chi connectivity index (χ2n) is 3.70. The molecule has 0 aliphatic carbocycles. The Morgan fingerprint density at radius 2 is 2.06 bits per heavy atom. The van der Waals surface area contributed by atoms with E-state index in [9.17, 15) is 4.79 Å². The molecule has 3 nitrogen and oxygen atoms in total. The molecule has 0 saturated carbocycles. The lowest BCUT2D eigenvalue weighted by molar-refractivity contribution is 0.0939. The highest BCUT2D eigenvalue weighted by molar-refractivity contribution is 7.98. The first kappa shape index (κ1) is 12.9. The van der Waals surface area contributed by atoms with Gasteiger partial charge in [0, 0.05) is 11.6 Å². The number of aromatic hydroxyl groups is 1. The average molecular weight is 239 g/mol. The van der Waals surface area contributed by atoms with Gasteiger partial charge in [-0.15, -0.1) is 0 Å². The third-order valence-electron chi connectivity index (χ3n) is 2.26. The van der Waals surface area contributed by atoms with Crippen molar-refractivity contribution in [2.75, 3.05) is 12.0 Å². The smallest absolute Gasteiger partial charge is 0.251 e. The van der Waals surface area contributed by atoms with Gasteiger partial charge in [-0.1, -0.05) is 0 Å². The summed E-state index contributed by atoms with van der Waals surface area (Å²) < 4.78 is 0. The van der Waals surface area contributed by atoms with Crippen LogP contribution in [-0.4, -0.2) is 29.1 Å². The van der Waals surface area contributed by atoms with E-state index >= 15 is 0 Å². The highest BCUT2D eigenvalue weighted by atomic mass is 32.2. The topological polar surface area (TPSA) is 49.3 Å². The van der Waals surface area contributed by atoms with Crippen molar-refractivity contribution in [1.82, 2.24) is 5.32 Å². The van der Waals surface area contributed by atoms with Crippen LogP contribution in [0.1, 0.15) is 23.7 Å². The van der Waals surface area contributed by atoms with E-state index in [0.29, 0.717) is 5.56 Å². The lowest BCUT2D eigenvalue weighted by atomic mass is 10.2. The van der Waals surface area contributed by atoms with Gasteiger partial charge in [0.25, 0.3) is 5.91 Å². The van der Waals surface area contributed by atoms with E-state index < -0.39 is 0 Å². The molecular formula is C12H17NO2S. The number of benzene rings is 1. The van der Waals surface area contributed by atoms with Crippen LogP contribution in [0, 0.1) is 0 Å². The van der Waals surface area contributed by atoms with Gasteiger partial charge in [-0.05, 0) is 49.6 Å². The summed E-state index contributed by atoms with van der Waals surface area (Å²) in [4.78, 5) is 11.7. The number of phenols is 1. The first-order valence-electron chi connectivity index (χ1n) is 5.22. The van der Waals surface area contributed by atoms with Gasteiger partial charge in [-0.2, -0.15) is 11.8 Å². The summed E-state index contributed by atoms with van der Waals surface area (Å²) >= 11 is 1.77. The van der Waals surface area contributed by atoms with Crippen LogP contribution in [0.5, 0.6) is 5.75 Å². The van der Waals surface area contributed by atoms with Gasteiger partial charge in [-0.25, -0.2) is 0 Å². The Morgan fingerprint density at radius 3 is 2.62 bits per heavy atom. The number of thioether (sulfide) groups is 1. The number of nitrogens with one attached hydrogen (secondary N) is 1. The summed E-state index contributed by atoms with van der Waals surface area (Å²) in [5.74, 6) is 1.12. The third kappa shape index (κ3) is 4.14. The van der Waals surface area contributed by atoms with Gasteiger partial charge in [-0.3, -0.25) is 4.79 Å². The SMILES string of the molecule is CSCCC(C)NC(=O)c1ccc(O)cc1. The summed E-state index contributed by atoms with van der Waals surface area (Å²) in [6.45, 7) is 1.99. The van der Waals surface area contributed by atoms with Crippen LogP contribution in [0.4, 0.5) is 0 Å². The standard InChI is InChI=1S/C12H17NO2S/c1-9(7-8-16-2)13-12(15)10-3-5-11(14)6-4-10/h3-6,9,14H,7-8H2,1-2H3,(H,13,15). The van der Waals surface area contributed by atoms with Crippen molar-refractivity contribution in [1.29, 1.82) is 0 Å². The minimum atomic E-state index is -0.0893. The van der Waals surface area contributed by atoms with Gasteiger partial charge in [0.1, 0.15) is 5.75 Å². The van der Waals surface area contributed by atoms with Crippen LogP contribution in [0.2, 0.25) is 0 Å². The van der Waals surface area contributed by atoms with Crippen molar-refractivity contribution in [2.45, 2.75) is 19.4 Å². The fourth-order valence-electron chi connectivity index (χ4n) is 1.29. The molecule has 1 rings (SSSR count). The van der Waals surface area contributed by atoms with E-state index in [1.165, 1.54) is 12.1 Å². The Morgan fingerprint density at radius 1 is 1.44 bits per heavy atom. The van der Waals surface area contributed by atoms with Crippen molar-refractivity contribution < 1.29 is 9.90 Å². The van der Waals surface area contributed by atoms with Crippen molar-refractivity contribution in [3.8, 4) is 5.75 Å². The van der Waals surface area contributed by atoms with Crippen LogP contribution in [0.25, 0.3) is 0 Å². The van der Waals surface area contributed by atoms with Gasteiger partial charge in [0.2, 0.25) is 0 Å². The summed E-state index contributed by atoms with van der Waals surface area (Å²) in [6, 6.07) is 6.44. The predicted molar refractivity (Wildman–Crippen MR) is 68.0 cm³/mol. The number of rotatable bonds is 5. The number of carbonyl (C=O) groups excluding carboxylic acids is 1. The highest BCUT2D eigenvalue weighted by Crippen LogP contribution is 2.10. The largest absolute Gasteiger partial charge is 0.508 e. The van der Waals surface area contributed by atoms with Gasteiger partial charge < -0.3 is 10.4 Å². The molecule has 1 aromatic carbocycles. The number of carbonyl (C=O) groups is 1. The molecule has 0 saturated heterocycles. The Bertz CT molecular complexity index is 337. The lowest BCUT2D eigenvalue weighted by Gasteiger charge is -2.13. The average Bonchev–Trinajstić information content (AvgIpc) is 2.27. The number of hydrogen-bond acceptors (Lipinski definition) is 3. The quantitative estimate of drug-likeness (QED) is 0.828. The van der Waals surface area contributed by atoms with Crippen LogP contribution in [-0.2, 0) is 0 Å². The maximum atomic E-state index is 11.7. The zero-order chi connectivity index (χ0) is 12.0. The van der Waals surface area contributed by atoms with Crippen LogP contribution < -0.4 is 5.32 Å². The Hall–Kier alpha value is -1.16. The second-order valence-corrected chi connectivity index (χ2v) is 4.69. The van der Waals surface area contributed by atoms with Crippen LogP contribution >= 0.6 is 11.8 Å². The lowest BCUT2D eigenvalue weighted by Crippen LogP contribution is -2.32. The molecule has 16 heavy (non-hydrogen) atoms. The molecule has 0 aromatic heterocycles. The zero-order valence-electron chi connectivity index (χ0n) is 9.56. The number of phenolic OH excluding ortho intramolecular Hbond substituents is 1. The van der Waals surface area contributed by atoms with E-state index in [2.05, 4.69) is 11.6 Å². The molecule has 0 aliphatic rings. The fraction of sp³-hybridized carbons (Fsp3) is 0.417. The van der Waals surface area contributed by atoms with Gasteiger partial charge in [0.05, 0.1) is 0 Å². The molecule has 0 fully saturated rings. The first-order chi connectivity index (χ1) is 7.63. The summed E-state index contributed by atoms with van der Waals surface area (Å²) in [5, 5.41) is 12.0. The summed E-state index contributed by atoms with van der Waals surface area (Å²) in [5.41, 5.74) is 0.578. The van der Waals surface area contributed by atoms with E-state index in [-0.39, 0.29) is 17.7 Å². The summed E-state index contributed by atoms with van der Waals surface area (Å²) in [7, 11) is 0. The number of amides is 1. The predicted octanol–water partition coefficient (Wildman–Crippen LogP) is 2.26. The minimum absolute atomic E-state index is 0.0893. The molecule has 2 N–H and O–H groups in total. The molecule has 1 amide bonds. The zero-order valence-corrected chi connectivity index (χ0v) is 10.4. The Kier molecular flexibility index (Phi) is 5.19. The Balaban J connectivity index is 2.48. The number of hydrogen-bond donors (Lipinski definition) is 2. The van der Waals surface area contributed by atoms with Gasteiger partial charge >= 0.3 is 0 Å².